The van der Waals surface area contributed by atoms with Gasteiger partial charge in [-0.15, -0.1) is 11.8 Å². The van der Waals surface area contributed by atoms with E-state index in [0.717, 1.165) is 17.9 Å². The molecule has 0 radical (unpaired) electrons. The van der Waals surface area contributed by atoms with Crippen LogP contribution in [0.5, 0.6) is 0 Å². The smallest absolute Gasteiger partial charge is 0.233 e. The van der Waals surface area contributed by atoms with Crippen molar-refractivity contribution in [3.05, 3.63) is 39.1 Å². The number of nitrogens with zero attached hydrogens (tertiary/aromatic N) is 3. The molecule has 2 aromatic rings. The number of thioether (sulfide) groups is 1. The molecule has 9 heteroatoms. The summed E-state index contributed by atoms with van der Waals surface area (Å²) >= 11 is 13.4. The first-order chi connectivity index (χ1) is 10.7. The largest absolute Gasteiger partial charge is 0.416 e. The summed E-state index contributed by atoms with van der Waals surface area (Å²) in [6.07, 6.45) is -4.55. The van der Waals surface area contributed by atoms with Gasteiger partial charge in [0.05, 0.1) is 26.2 Å². The summed E-state index contributed by atoms with van der Waals surface area (Å²) in [5, 5.41) is 12.9. The second-order valence-corrected chi connectivity index (χ2v) is 6.59. The minimum Gasteiger partial charge on any atom is -0.233 e. The molecule has 122 valence electrons. The van der Waals surface area contributed by atoms with Crippen LogP contribution in [0.15, 0.2) is 17.0 Å². The minimum atomic E-state index is -4.55. The molecule has 3 nitrogen and oxygen atoms in total. The summed E-state index contributed by atoms with van der Waals surface area (Å²) in [5.74, 6) is 0.718. The maximum Gasteiger partial charge on any atom is 0.416 e. The van der Waals surface area contributed by atoms with E-state index < -0.39 is 11.7 Å². The molecule has 0 bridgehead atoms. The van der Waals surface area contributed by atoms with E-state index in [1.165, 1.54) is 16.4 Å². The van der Waals surface area contributed by atoms with E-state index in [1.807, 2.05) is 13.0 Å². The predicted octanol–water partition coefficient (Wildman–Crippen LogP) is 5.49. The number of benzene rings is 1. The van der Waals surface area contributed by atoms with Gasteiger partial charge >= 0.3 is 6.18 Å². The number of hydrogen-bond donors (Lipinski definition) is 0. The molecule has 0 N–H and O–H groups in total. The first-order valence-corrected chi connectivity index (χ1v) is 8.14. The Labute approximate surface area is 145 Å². The van der Waals surface area contributed by atoms with Crippen LogP contribution in [-0.4, -0.2) is 15.5 Å². The van der Waals surface area contributed by atoms with Crippen LogP contribution in [0, 0.1) is 18.3 Å². The maximum atomic E-state index is 12.8. The van der Waals surface area contributed by atoms with Gasteiger partial charge in [-0.3, -0.25) is 0 Å². The maximum absolute atomic E-state index is 12.8. The molecular weight excluding hydrogens is 370 g/mol. The molecule has 23 heavy (non-hydrogen) atoms. The highest BCUT2D eigenvalue weighted by atomic mass is 35.5. The van der Waals surface area contributed by atoms with Crippen molar-refractivity contribution in [3.8, 4) is 11.8 Å². The fourth-order valence-corrected chi connectivity index (χ4v) is 3.48. The van der Waals surface area contributed by atoms with Crippen molar-refractivity contribution < 1.29 is 13.2 Å². The summed E-state index contributed by atoms with van der Waals surface area (Å²) in [6, 6.07) is 3.56. The van der Waals surface area contributed by atoms with Crippen molar-refractivity contribution in [1.82, 2.24) is 9.78 Å². The highest BCUT2D eigenvalue weighted by molar-refractivity contribution is 7.99. The van der Waals surface area contributed by atoms with Crippen LogP contribution in [0.4, 0.5) is 13.2 Å². The normalized spacial score (nSPS) is 11.6. The van der Waals surface area contributed by atoms with Crippen LogP contribution < -0.4 is 0 Å². The summed E-state index contributed by atoms with van der Waals surface area (Å²) in [7, 11) is 0. The molecule has 0 aliphatic heterocycles. The SMILES string of the molecule is CCSc1c(C#N)nn(-c2c(Cl)cc(C(F)(F)F)cc2Cl)c1C. The number of hydrogen-bond acceptors (Lipinski definition) is 3. The van der Waals surface area contributed by atoms with Gasteiger partial charge in [0, 0.05) is 0 Å². The van der Waals surface area contributed by atoms with E-state index in [0.29, 0.717) is 10.6 Å². The molecule has 0 aliphatic rings. The highest BCUT2D eigenvalue weighted by Gasteiger charge is 2.32. The van der Waals surface area contributed by atoms with E-state index in [1.54, 1.807) is 6.92 Å². The van der Waals surface area contributed by atoms with Crippen molar-refractivity contribution in [1.29, 1.82) is 5.26 Å². The zero-order valence-corrected chi connectivity index (χ0v) is 14.3. The summed E-state index contributed by atoms with van der Waals surface area (Å²) in [5.41, 5.74) is -0.0404. The molecule has 0 aliphatic carbocycles. The third-order valence-electron chi connectivity index (χ3n) is 3.01. The molecule has 1 heterocycles. The molecule has 2 rings (SSSR count). The first kappa shape index (κ1) is 18.0. The average molecular weight is 380 g/mol. The number of halogens is 5. The lowest BCUT2D eigenvalue weighted by molar-refractivity contribution is -0.137. The van der Waals surface area contributed by atoms with Crippen molar-refractivity contribution in [2.75, 3.05) is 5.75 Å². The molecule has 0 unspecified atom stereocenters. The van der Waals surface area contributed by atoms with Crippen molar-refractivity contribution in [2.45, 2.75) is 24.9 Å². The van der Waals surface area contributed by atoms with Crippen molar-refractivity contribution in [2.24, 2.45) is 0 Å². The van der Waals surface area contributed by atoms with E-state index in [-0.39, 0.29) is 21.4 Å². The molecule has 1 aromatic carbocycles. The molecule has 0 saturated carbocycles. The standard InChI is InChI=1S/C14H10Cl2F3N3S/c1-3-23-13-7(2)22(21-11(13)6-20)12-9(15)4-8(5-10(12)16)14(17,18)19/h4-5H,3H2,1-2H3. The molecule has 0 spiro atoms. The van der Waals surface area contributed by atoms with Gasteiger partial charge in [0.1, 0.15) is 11.8 Å². The van der Waals surface area contributed by atoms with Gasteiger partial charge in [0.15, 0.2) is 5.69 Å². The van der Waals surface area contributed by atoms with E-state index >= 15 is 0 Å². The Hall–Kier alpha value is -1.36. The van der Waals surface area contributed by atoms with E-state index in [9.17, 15) is 13.2 Å². The first-order valence-electron chi connectivity index (χ1n) is 6.39. The van der Waals surface area contributed by atoms with Crippen LogP contribution in [0.2, 0.25) is 10.0 Å². The fraction of sp³-hybridized carbons (Fsp3) is 0.286. The Morgan fingerprint density at radius 2 is 1.87 bits per heavy atom. The second-order valence-electron chi connectivity index (χ2n) is 4.51. The number of nitriles is 1. The molecule has 0 amide bonds. The summed E-state index contributed by atoms with van der Waals surface area (Å²) in [6.45, 7) is 3.62. The van der Waals surface area contributed by atoms with Crippen LogP contribution in [0.1, 0.15) is 23.9 Å². The average Bonchev–Trinajstić information content (AvgIpc) is 2.75. The quantitative estimate of drug-likeness (QED) is 0.662. The zero-order valence-electron chi connectivity index (χ0n) is 12.0. The third kappa shape index (κ3) is 3.44. The third-order valence-corrected chi connectivity index (χ3v) is 4.65. The lowest BCUT2D eigenvalue weighted by atomic mass is 10.2. The van der Waals surface area contributed by atoms with Crippen LogP contribution in [0.3, 0.4) is 0 Å². The molecule has 0 fully saturated rings. The van der Waals surface area contributed by atoms with Crippen LogP contribution in [-0.2, 0) is 6.18 Å². The second kappa shape index (κ2) is 6.63. The Morgan fingerprint density at radius 1 is 1.30 bits per heavy atom. The van der Waals surface area contributed by atoms with Crippen molar-refractivity contribution >= 4 is 35.0 Å². The van der Waals surface area contributed by atoms with E-state index in [4.69, 9.17) is 28.5 Å². The summed E-state index contributed by atoms with van der Waals surface area (Å²) in [4.78, 5) is 0.655. The van der Waals surface area contributed by atoms with Gasteiger partial charge in [0.2, 0.25) is 0 Å². The topological polar surface area (TPSA) is 41.6 Å². The highest BCUT2D eigenvalue weighted by Crippen LogP contribution is 2.39. The fourth-order valence-electron chi connectivity index (χ4n) is 2.03. The van der Waals surface area contributed by atoms with Gasteiger partial charge in [-0.05, 0) is 24.8 Å². The molecule has 0 atom stereocenters. The van der Waals surface area contributed by atoms with Gasteiger partial charge in [0.25, 0.3) is 0 Å². The molecular formula is C14H10Cl2F3N3S. The number of rotatable bonds is 3. The molecule has 1 aromatic heterocycles. The van der Waals surface area contributed by atoms with E-state index in [2.05, 4.69) is 5.10 Å². The Morgan fingerprint density at radius 3 is 2.30 bits per heavy atom. The van der Waals surface area contributed by atoms with Crippen LogP contribution in [0.25, 0.3) is 5.69 Å². The molecule has 0 saturated heterocycles. The number of alkyl halides is 3. The van der Waals surface area contributed by atoms with Gasteiger partial charge in [-0.25, -0.2) is 4.68 Å². The monoisotopic (exact) mass is 379 g/mol. The number of aromatic nitrogens is 2. The van der Waals surface area contributed by atoms with Gasteiger partial charge in [-0.2, -0.15) is 23.5 Å². The minimum absolute atomic E-state index is 0.123. The predicted molar refractivity (Wildman–Crippen MR) is 84.4 cm³/mol. The Bertz CT molecular complexity index is 771. The Kier molecular flexibility index (Phi) is 5.19. The Balaban J connectivity index is 2.67. The zero-order chi connectivity index (χ0) is 17.4. The van der Waals surface area contributed by atoms with Crippen molar-refractivity contribution in [3.63, 3.8) is 0 Å². The lowest BCUT2D eigenvalue weighted by Crippen LogP contribution is -2.08. The van der Waals surface area contributed by atoms with Gasteiger partial charge < -0.3 is 0 Å². The van der Waals surface area contributed by atoms with Gasteiger partial charge in [-0.1, -0.05) is 30.1 Å². The lowest BCUT2D eigenvalue weighted by Gasteiger charge is -2.13. The van der Waals surface area contributed by atoms with Crippen LogP contribution >= 0.6 is 35.0 Å². The summed E-state index contributed by atoms with van der Waals surface area (Å²) < 4.78 is 39.7.